The number of fused-ring (bicyclic) bond motifs is 1. The van der Waals surface area contributed by atoms with E-state index in [0.29, 0.717) is 5.82 Å². The van der Waals surface area contributed by atoms with Crippen LogP contribution in [0.5, 0.6) is 0 Å². The zero-order valence-corrected chi connectivity index (χ0v) is 14.5. The van der Waals surface area contributed by atoms with Gasteiger partial charge in [0.05, 0.1) is 4.92 Å². The molecule has 0 amide bonds. The van der Waals surface area contributed by atoms with Crippen molar-refractivity contribution in [2.75, 3.05) is 13.1 Å². The van der Waals surface area contributed by atoms with E-state index >= 15 is 0 Å². The summed E-state index contributed by atoms with van der Waals surface area (Å²) in [7, 11) is 0. The highest BCUT2D eigenvalue weighted by atomic mass is 16.6. The van der Waals surface area contributed by atoms with Gasteiger partial charge in [0, 0.05) is 13.1 Å². The molecular formula is C20H22N4O2. The Morgan fingerprint density at radius 1 is 0.962 bits per heavy atom. The maximum absolute atomic E-state index is 12.0. The Morgan fingerprint density at radius 2 is 1.62 bits per heavy atom. The number of benzene rings is 2. The summed E-state index contributed by atoms with van der Waals surface area (Å²) < 4.78 is 0. The average molecular weight is 350 g/mol. The van der Waals surface area contributed by atoms with Crippen LogP contribution in [0.3, 0.4) is 0 Å². The molecular weight excluding hydrogens is 328 g/mol. The third-order valence-electron chi connectivity index (χ3n) is 5.00. The first-order chi connectivity index (χ1) is 12.8. The summed E-state index contributed by atoms with van der Waals surface area (Å²) in [5, 5.41) is 18.9. The van der Waals surface area contributed by atoms with Crippen LogP contribution in [0.15, 0.2) is 72.2 Å². The smallest absolute Gasteiger partial charge is 0.307 e. The molecule has 0 radical (unpaired) electrons. The van der Waals surface area contributed by atoms with E-state index < -0.39 is 6.04 Å². The van der Waals surface area contributed by atoms with Gasteiger partial charge < -0.3 is 10.2 Å². The summed E-state index contributed by atoms with van der Waals surface area (Å²) in [5.41, 5.74) is 2.21. The molecule has 2 aliphatic rings. The molecule has 2 atom stereocenters. The molecule has 134 valence electrons. The molecule has 2 unspecified atom stereocenters. The van der Waals surface area contributed by atoms with Gasteiger partial charge in [0.2, 0.25) is 0 Å². The van der Waals surface area contributed by atoms with Crippen molar-refractivity contribution in [3.63, 3.8) is 0 Å². The SMILES string of the molecule is O=[N+]([O-])C1=C2NCCCCN2C(c2ccccc2)NC1c1ccccc1. The molecule has 1 fully saturated rings. The van der Waals surface area contributed by atoms with Crippen molar-refractivity contribution < 1.29 is 4.92 Å². The highest BCUT2D eigenvalue weighted by molar-refractivity contribution is 5.32. The lowest BCUT2D eigenvalue weighted by atomic mass is 9.98. The van der Waals surface area contributed by atoms with Gasteiger partial charge in [-0.25, -0.2) is 0 Å². The van der Waals surface area contributed by atoms with E-state index in [1.807, 2.05) is 48.5 Å². The number of hydrogen-bond acceptors (Lipinski definition) is 5. The quantitative estimate of drug-likeness (QED) is 0.657. The number of hydrogen-bond donors (Lipinski definition) is 2. The maximum Gasteiger partial charge on any atom is 0.307 e. The van der Waals surface area contributed by atoms with Crippen molar-refractivity contribution >= 4 is 0 Å². The summed E-state index contributed by atoms with van der Waals surface area (Å²) in [5.74, 6) is 0.647. The van der Waals surface area contributed by atoms with Crippen molar-refractivity contribution in [2.45, 2.75) is 25.0 Å². The Balaban J connectivity index is 1.86. The molecule has 1 saturated heterocycles. The van der Waals surface area contributed by atoms with Gasteiger partial charge >= 0.3 is 5.70 Å². The molecule has 0 aliphatic carbocycles. The van der Waals surface area contributed by atoms with E-state index in [0.717, 1.165) is 37.1 Å². The van der Waals surface area contributed by atoms with Crippen LogP contribution in [0, 0.1) is 10.1 Å². The van der Waals surface area contributed by atoms with Crippen molar-refractivity contribution in [1.29, 1.82) is 0 Å². The van der Waals surface area contributed by atoms with E-state index in [1.54, 1.807) is 0 Å². The average Bonchev–Trinajstić information content (AvgIpc) is 2.94. The predicted molar refractivity (Wildman–Crippen MR) is 99.5 cm³/mol. The summed E-state index contributed by atoms with van der Waals surface area (Å²) >= 11 is 0. The zero-order valence-electron chi connectivity index (χ0n) is 14.5. The molecule has 2 N–H and O–H groups in total. The van der Waals surface area contributed by atoms with Gasteiger partial charge in [-0.2, -0.15) is 0 Å². The Kier molecular flexibility index (Phi) is 4.58. The maximum atomic E-state index is 12.0. The van der Waals surface area contributed by atoms with Gasteiger partial charge in [0.25, 0.3) is 0 Å². The van der Waals surface area contributed by atoms with Crippen LogP contribution in [0.25, 0.3) is 0 Å². The third-order valence-corrected chi connectivity index (χ3v) is 5.00. The minimum atomic E-state index is -0.465. The molecule has 0 saturated carbocycles. The zero-order chi connectivity index (χ0) is 17.9. The van der Waals surface area contributed by atoms with E-state index in [-0.39, 0.29) is 16.8 Å². The second-order valence-corrected chi connectivity index (χ2v) is 6.64. The monoisotopic (exact) mass is 350 g/mol. The Morgan fingerprint density at radius 3 is 2.27 bits per heavy atom. The van der Waals surface area contributed by atoms with Gasteiger partial charge in [0.1, 0.15) is 12.2 Å². The number of nitro groups is 1. The highest BCUT2D eigenvalue weighted by Crippen LogP contribution is 2.37. The van der Waals surface area contributed by atoms with E-state index in [9.17, 15) is 10.1 Å². The number of rotatable bonds is 3. The third kappa shape index (κ3) is 3.04. The van der Waals surface area contributed by atoms with Crippen molar-refractivity contribution in [3.8, 4) is 0 Å². The van der Waals surface area contributed by atoms with Gasteiger partial charge in [-0.15, -0.1) is 0 Å². The van der Waals surface area contributed by atoms with Crippen LogP contribution in [-0.4, -0.2) is 22.9 Å². The van der Waals surface area contributed by atoms with Crippen LogP contribution in [-0.2, 0) is 0 Å². The van der Waals surface area contributed by atoms with Gasteiger partial charge in [-0.1, -0.05) is 60.7 Å². The van der Waals surface area contributed by atoms with Crippen LogP contribution >= 0.6 is 0 Å². The van der Waals surface area contributed by atoms with Crippen molar-refractivity contribution in [3.05, 3.63) is 93.4 Å². The minimum Gasteiger partial charge on any atom is -0.366 e. The largest absolute Gasteiger partial charge is 0.366 e. The second kappa shape index (κ2) is 7.17. The molecule has 6 heteroatoms. The molecule has 2 aliphatic heterocycles. The predicted octanol–water partition coefficient (Wildman–Crippen LogP) is 3.16. The molecule has 0 bridgehead atoms. The fourth-order valence-corrected chi connectivity index (χ4v) is 3.79. The molecule has 2 aromatic rings. The van der Waals surface area contributed by atoms with Crippen LogP contribution in [0.1, 0.15) is 36.2 Å². The summed E-state index contributed by atoms with van der Waals surface area (Å²) in [6, 6.07) is 19.3. The first-order valence-corrected chi connectivity index (χ1v) is 9.01. The standard InChI is InChI=1S/C20H22N4O2/c25-24(26)18-17(15-9-3-1-4-10-15)22-19(16-11-5-2-6-12-16)23-14-8-7-13-21-20(18)23/h1-6,9-12,17,19,21-22H,7-8,13-14H2. The molecule has 2 aromatic carbocycles. The Labute approximate surface area is 152 Å². The fourth-order valence-electron chi connectivity index (χ4n) is 3.79. The summed E-state index contributed by atoms with van der Waals surface area (Å²) in [4.78, 5) is 13.9. The Hall–Kier alpha value is -2.86. The van der Waals surface area contributed by atoms with Crippen LogP contribution in [0.2, 0.25) is 0 Å². The van der Waals surface area contributed by atoms with Crippen molar-refractivity contribution in [1.82, 2.24) is 15.5 Å². The van der Waals surface area contributed by atoms with Crippen LogP contribution in [0.4, 0.5) is 0 Å². The van der Waals surface area contributed by atoms with Gasteiger partial charge in [-0.05, 0) is 24.0 Å². The van der Waals surface area contributed by atoms with Crippen molar-refractivity contribution in [2.24, 2.45) is 0 Å². The first-order valence-electron chi connectivity index (χ1n) is 9.01. The molecule has 6 nitrogen and oxygen atoms in total. The topological polar surface area (TPSA) is 70.4 Å². The van der Waals surface area contributed by atoms with E-state index in [2.05, 4.69) is 27.7 Å². The van der Waals surface area contributed by atoms with Crippen LogP contribution < -0.4 is 10.6 Å². The molecule has 0 spiro atoms. The summed E-state index contributed by atoms with van der Waals surface area (Å²) in [6.07, 6.45) is 1.90. The molecule has 4 rings (SSSR count). The molecule has 2 heterocycles. The minimum absolute atomic E-state index is 0.106. The highest BCUT2D eigenvalue weighted by Gasteiger charge is 2.42. The lowest BCUT2D eigenvalue weighted by Gasteiger charge is -2.41. The fraction of sp³-hybridized carbons (Fsp3) is 0.300. The summed E-state index contributed by atoms with van der Waals surface area (Å²) in [6.45, 7) is 1.54. The van der Waals surface area contributed by atoms with Gasteiger partial charge in [-0.3, -0.25) is 15.4 Å². The normalized spacial score (nSPS) is 23.0. The number of nitrogens with one attached hydrogen (secondary N) is 2. The molecule has 0 aromatic heterocycles. The first kappa shape index (κ1) is 16.6. The lowest BCUT2D eigenvalue weighted by molar-refractivity contribution is -0.436. The van der Waals surface area contributed by atoms with E-state index in [4.69, 9.17) is 0 Å². The number of nitrogens with zero attached hydrogens (tertiary/aromatic N) is 2. The second-order valence-electron chi connectivity index (χ2n) is 6.64. The van der Waals surface area contributed by atoms with Gasteiger partial charge in [0.15, 0.2) is 5.82 Å². The Bertz CT molecular complexity index is 807. The molecule has 26 heavy (non-hydrogen) atoms. The van der Waals surface area contributed by atoms with E-state index in [1.165, 1.54) is 0 Å². The lowest BCUT2D eigenvalue weighted by Crippen LogP contribution is -2.49.